The van der Waals surface area contributed by atoms with Crippen LogP contribution >= 0.6 is 11.6 Å². The maximum atomic E-state index is 6.19. The quantitative estimate of drug-likeness (QED) is 0.676. The summed E-state index contributed by atoms with van der Waals surface area (Å²) in [5.74, 6) is 1.35. The lowest BCUT2D eigenvalue weighted by molar-refractivity contribution is 0.332. The monoisotopic (exact) mass is 267 g/mol. The highest BCUT2D eigenvalue weighted by atomic mass is 35.5. The van der Waals surface area contributed by atoms with Crippen molar-refractivity contribution in [3.8, 4) is 5.75 Å². The highest BCUT2D eigenvalue weighted by Crippen LogP contribution is 2.39. The first kappa shape index (κ1) is 13.0. The van der Waals surface area contributed by atoms with Crippen LogP contribution in [0.15, 0.2) is 23.2 Å². The fourth-order valence-corrected chi connectivity index (χ4v) is 2.40. The highest BCUT2D eigenvalue weighted by Gasteiger charge is 2.26. The Hall–Kier alpha value is -1.42. The number of nitrogens with two attached hydrogens (primary N) is 1. The third-order valence-corrected chi connectivity index (χ3v) is 3.45. The summed E-state index contributed by atoms with van der Waals surface area (Å²) >= 11 is 6.19. The minimum atomic E-state index is -0.103. The molecule has 1 unspecified atom stereocenters. The predicted molar refractivity (Wildman–Crippen MR) is 74.2 cm³/mol. The molecular weight excluding hydrogens is 250 g/mol. The van der Waals surface area contributed by atoms with Gasteiger partial charge in [-0.1, -0.05) is 17.7 Å². The van der Waals surface area contributed by atoms with Gasteiger partial charge in [0.15, 0.2) is 5.96 Å². The van der Waals surface area contributed by atoms with Crippen LogP contribution in [-0.4, -0.2) is 30.6 Å². The molecule has 0 radical (unpaired) electrons. The first-order valence-electron chi connectivity index (χ1n) is 6.16. The fourth-order valence-electron chi connectivity index (χ4n) is 2.11. The van der Waals surface area contributed by atoms with Gasteiger partial charge in [0.25, 0.3) is 0 Å². The molecular formula is C13H18ClN3O. The third kappa shape index (κ3) is 2.38. The third-order valence-electron chi connectivity index (χ3n) is 3.12. The molecule has 0 saturated carbocycles. The highest BCUT2D eigenvalue weighted by molar-refractivity contribution is 6.31. The lowest BCUT2D eigenvalue weighted by Gasteiger charge is -2.20. The van der Waals surface area contributed by atoms with Gasteiger partial charge in [-0.2, -0.15) is 0 Å². The van der Waals surface area contributed by atoms with Crippen molar-refractivity contribution in [2.75, 3.05) is 19.7 Å². The molecule has 0 spiro atoms. The molecule has 0 bridgehead atoms. The number of hydrogen-bond acceptors (Lipinski definition) is 2. The average molecular weight is 268 g/mol. The smallest absolute Gasteiger partial charge is 0.191 e. The van der Waals surface area contributed by atoms with Crippen molar-refractivity contribution in [2.45, 2.75) is 19.9 Å². The van der Waals surface area contributed by atoms with Gasteiger partial charge in [0.1, 0.15) is 18.4 Å². The van der Waals surface area contributed by atoms with Gasteiger partial charge in [-0.25, -0.2) is 4.99 Å². The van der Waals surface area contributed by atoms with Gasteiger partial charge in [0.05, 0.1) is 0 Å². The lowest BCUT2D eigenvalue weighted by Crippen LogP contribution is -2.37. The van der Waals surface area contributed by atoms with Crippen LogP contribution in [0.4, 0.5) is 0 Å². The molecule has 0 aliphatic carbocycles. The number of fused-ring (bicyclic) bond motifs is 1. The molecule has 1 atom stereocenters. The molecule has 1 heterocycles. The summed E-state index contributed by atoms with van der Waals surface area (Å²) in [5, 5.41) is 0.686. The minimum absolute atomic E-state index is 0.103. The van der Waals surface area contributed by atoms with Crippen molar-refractivity contribution in [1.29, 1.82) is 0 Å². The summed E-state index contributed by atoms with van der Waals surface area (Å²) in [7, 11) is 0. The van der Waals surface area contributed by atoms with Crippen LogP contribution in [0, 0.1) is 0 Å². The fraction of sp³-hybridized carbons (Fsp3) is 0.462. The van der Waals surface area contributed by atoms with Crippen molar-refractivity contribution in [3.63, 3.8) is 0 Å². The number of aliphatic imine (C=N–C) groups is 1. The second-order valence-corrected chi connectivity index (χ2v) is 4.55. The number of halogens is 1. The van der Waals surface area contributed by atoms with E-state index in [4.69, 9.17) is 22.1 Å². The zero-order chi connectivity index (χ0) is 13.1. The standard InChI is InChI=1S/C13H18ClN3O/c1-3-17(4-2)13(15)16-10-8-18-11-7-5-6-9(14)12(10)11/h5-7,10H,3-4,8H2,1-2H3,(H2,15,16). The molecule has 1 aromatic carbocycles. The van der Waals surface area contributed by atoms with E-state index in [1.165, 1.54) is 0 Å². The van der Waals surface area contributed by atoms with Crippen LogP contribution in [0.2, 0.25) is 5.02 Å². The van der Waals surface area contributed by atoms with E-state index >= 15 is 0 Å². The molecule has 1 aliphatic heterocycles. The van der Waals surface area contributed by atoms with E-state index in [1.54, 1.807) is 0 Å². The minimum Gasteiger partial charge on any atom is -0.491 e. The Kier molecular flexibility index (Phi) is 3.97. The Bertz CT molecular complexity index is 458. The van der Waals surface area contributed by atoms with Gasteiger partial charge in [0.2, 0.25) is 0 Å². The average Bonchev–Trinajstić information content (AvgIpc) is 2.75. The Labute approximate surface area is 112 Å². The summed E-state index contributed by atoms with van der Waals surface area (Å²) in [5.41, 5.74) is 6.94. The normalized spacial score (nSPS) is 18.4. The maximum Gasteiger partial charge on any atom is 0.191 e. The van der Waals surface area contributed by atoms with E-state index in [1.807, 2.05) is 23.1 Å². The number of guanidine groups is 1. The molecule has 4 nitrogen and oxygen atoms in total. The number of benzene rings is 1. The van der Waals surface area contributed by atoms with E-state index in [0.717, 1.165) is 24.4 Å². The number of ether oxygens (including phenoxy) is 1. The molecule has 0 amide bonds. The van der Waals surface area contributed by atoms with E-state index < -0.39 is 0 Å². The molecule has 2 N–H and O–H groups in total. The molecule has 0 saturated heterocycles. The van der Waals surface area contributed by atoms with Crippen molar-refractivity contribution in [1.82, 2.24) is 4.90 Å². The molecule has 5 heteroatoms. The van der Waals surface area contributed by atoms with Gasteiger partial charge >= 0.3 is 0 Å². The van der Waals surface area contributed by atoms with Gasteiger partial charge in [0, 0.05) is 23.7 Å². The van der Waals surface area contributed by atoms with Crippen molar-refractivity contribution < 1.29 is 4.74 Å². The lowest BCUT2D eigenvalue weighted by atomic mass is 10.1. The van der Waals surface area contributed by atoms with Crippen LogP contribution < -0.4 is 10.5 Å². The summed E-state index contributed by atoms with van der Waals surface area (Å²) in [6, 6.07) is 5.53. The zero-order valence-electron chi connectivity index (χ0n) is 10.7. The molecule has 98 valence electrons. The first-order valence-corrected chi connectivity index (χ1v) is 6.54. The molecule has 0 fully saturated rings. The van der Waals surface area contributed by atoms with Crippen LogP contribution in [-0.2, 0) is 0 Å². The van der Waals surface area contributed by atoms with Crippen molar-refractivity contribution >= 4 is 17.6 Å². The molecule has 18 heavy (non-hydrogen) atoms. The predicted octanol–water partition coefficient (Wildman–Crippen LogP) is 2.43. The van der Waals surface area contributed by atoms with Crippen molar-refractivity contribution in [2.24, 2.45) is 10.7 Å². The van der Waals surface area contributed by atoms with Crippen LogP contribution in [0.25, 0.3) is 0 Å². The Morgan fingerprint density at radius 3 is 2.89 bits per heavy atom. The molecule has 0 aromatic heterocycles. The Morgan fingerprint density at radius 2 is 2.22 bits per heavy atom. The second-order valence-electron chi connectivity index (χ2n) is 4.14. The largest absolute Gasteiger partial charge is 0.491 e. The van der Waals surface area contributed by atoms with Gasteiger partial charge in [-0.15, -0.1) is 0 Å². The first-order chi connectivity index (χ1) is 8.67. The summed E-state index contributed by atoms with van der Waals surface area (Å²) < 4.78 is 5.57. The van der Waals surface area contributed by atoms with E-state index in [-0.39, 0.29) is 6.04 Å². The Balaban J connectivity index is 2.26. The van der Waals surface area contributed by atoms with Gasteiger partial charge in [-0.3, -0.25) is 0 Å². The second kappa shape index (κ2) is 5.48. The zero-order valence-corrected chi connectivity index (χ0v) is 11.4. The van der Waals surface area contributed by atoms with Crippen molar-refractivity contribution in [3.05, 3.63) is 28.8 Å². The topological polar surface area (TPSA) is 50.8 Å². The summed E-state index contributed by atoms with van der Waals surface area (Å²) in [6.07, 6.45) is 0. The molecule has 1 aromatic rings. The van der Waals surface area contributed by atoms with Crippen LogP contribution in [0.3, 0.4) is 0 Å². The Morgan fingerprint density at radius 1 is 1.50 bits per heavy atom. The number of hydrogen-bond donors (Lipinski definition) is 1. The summed E-state index contributed by atoms with van der Waals surface area (Å²) in [4.78, 5) is 6.54. The number of nitrogens with zero attached hydrogens (tertiary/aromatic N) is 2. The van der Waals surface area contributed by atoms with E-state index in [0.29, 0.717) is 17.6 Å². The number of rotatable bonds is 3. The van der Waals surface area contributed by atoms with E-state index in [2.05, 4.69) is 18.8 Å². The summed E-state index contributed by atoms with van der Waals surface area (Å²) in [6.45, 7) is 6.29. The maximum absolute atomic E-state index is 6.19. The molecule has 1 aliphatic rings. The van der Waals surface area contributed by atoms with E-state index in [9.17, 15) is 0 Å². The van der Waals surface area contributed by atoms with Crippen LogP contribution in [0.1, 0.15) is 25.5 Å². The SMILES string of the molecule is CCN(CC)C(N)=NC1COc2cccc(Cl)c21. The van der Waals surface area contributed by atoms with Gasteiger partial charge in [-0.05, 0) is 26.0 Å². The van der Waals surface area contributed by atoms with Crippen LogP contribution in [0.5, 0.6) is 5.75 Å². The van der Waals surface area contributed by atoms with Gasteiger partial charge < -0.3 is 15.4 Å². The molecule has 2 rings (SSSR count).